The number of esters is 1. The Hall–Kier alpha value is -1.33. The molecule has 0 radical (unpaired) electrons. The highest BCUT2D eigenvalue weighted by Gasteiger charge is 2.56. The Morgan fingerprint density at radius 2 is 1.81 bits per heavy atom. The molecular formula is C10H11F2O8S-. The molecule has 11 heteroatoms. The average molecular weight is 329 g/mol. The molecule has 0 saturated carbocycles. The van der Waals surface area contributed by atoms with Crippen molar-refractivity contribution in [2.75, 3.05) is 6.61 Å². The molecule has 8 nitrogen and oxygen atoms in total. The molecule has 4 unspecified atom stereocenters. The molecule has 2 aliphatic rings. The zero-order valence-electron chi connectivity index (χ0n) is 10.4. The molecular weight excluding hydrogens is 318 g/mol. The van der Waals surface area contributed by atoms with Gasteiger partial charge in [0.25, 0.3) is 0 Å². The van der Waals surface area contributed by atoms with Crippen molar-refractivity contribution in [3.63, 3.8) is 0 Å². The second-order valence-electron chi connectivity index (χ2n) is 4.88. The van der Waals surface area contributed by atoms with E-state index in [0.717, 1.165) is 0 Å². The Morgan fingerprint density at radius 3 is 2.29 bits per heavy atom. The van der Waals surface area contributed by atoms with Crippen molar-refractivity contribution < 1.29 is 45.9 Å². The number of carbonyl (C=O) groups excluding carboxylic acids is 1. The second kappa shape index (κ2) is 5.14. The van der Waals surface area contributed by atoms with E-state index in [2.05, 4.69) is 4.74 Å². The first-order valence-corrected chi connectivity index (χ1v) is 7.33. The molecule has 0 aliphatic carbocycles. The smallest absolute Gasteiger partial charge is 0.367 e. The van der Waals surface area contributed by atoms with Crippen LogP contribution in [-0.2, 0) is 29.2 Å². The number of halogens is 2. The number of alkyl halides is 2. The lowest BCUT2D eigenvalue weighted by atomic mass is 9.79. The summed E-state index contributed by atoms with van der Waals surface area (Å²) in [7, 11) is -5.97. The van der Waals surface area contributed by atoms with Crippen LogP contribution < -0.4 is 0 Å². The number of aliphatic carboxylic acids is 1. The fraction of sp³-hybridized carbons (Fsp3) is 0.800. The monoisotopic (exact) mass is 329 g/mol. The van der Waals surface area contributed by atoms with Gasteiger partial charge in [-0.2, -0.15) is 8.78 Å². The van der Waals surface area contributed by atoms with E-state index in [9.17, 15) is 31.3 Å². The molecule has 21 heavy (non-hydrogen) atoms. The summed E-state index contributed by atoms with van der Waals surface area (Å²) in [4.78, 5) is 22.8. The summed E-state index contributed by atoms with van der Waals surface area (Å²) in [5.74, 6) is -5.15. The van der Waals surface area contributed by atoms with E-state index in [0.29, 0.717) is 12.8 Å². The first-order chi connectivity index (χ1) is 9.54. The summed E-state index contributed by atoms with van der Waals surface area (Å²) in [5, 5.41) is 4.27. The number of carbonyl (C=O) groups is 2. The van der Waals surface area contributed by atoms with Crippen LogP contribution in [0.2, 0.25) is 0 Å². The fourth-order valence-electron chi connectivity index (χ4n) is 2.61. The summed E-state index contributed by atoms with van der Waals surface area (Å²) in [6.45, 7) is -1.95. The van der Waals surface area contributed by atoms with E-state index in [4.69, 9.17) is 9.84 Å². The minimum atomic E-state index is -5.97. The number of carboxylic acids is 1. The molecule has 0 amide bonds. The lowest BCUT2D eigenvalue weighted by Gasteiger charge is -2.25. The van der Waals surface area contributed by atoms with E-state index < -0.39 is 58.0 Å². The number of hydrogen-bond donors (Lipinski definition) is 1. The number of carboxylic acid groups (broad SMARTS) is 1. The Morgan fingerprint density at radius 1 is 1.29 bits per heavy atom. The maximum Gasteiger partial charge on any atom is 0.367 e. The van der Waals surface area contributed by atoms with Gasteiger partial charge in [0.15, 0.2) is 16.7 Å². The molecule has 2 heterocycles. The maximum absolute atomic E-state index is 12.9. The minimum absolute atomic E-state index is 0.379. The largest absolute Gasteiger partial charge is 0.743 e. The number of fused-ring (bicyclic) bond motifs is 2. The molecule has 2 aliphatic heterocycles. The molecule has 0 aromatic carbocycles. The average Bonchev–Trinajstić information content (AvgIpc) is 2.94. The molecule has 4 atom stereocenters. The van der Waals surface area contributed by atoms with Crippen molar-refractivity contribution >= 4 is 22.1 Å². The number of rotatable bonds is 5. The second-order valence-corrected chi connectivity index (χ2v) is 6.38. The lowest BCUT2D eigenvalue weighted by molar-refractivity contribution is -0.162. The van der Waals surface area contributed by atoms with Crippen molar-refractivity contribution in [3.8, 4) is 0 Å². The summed E-state index contributed by atoms with van der Waals surface area (Å²) in [6.07, 6.45) is -0.657. The van der Waals surface area contributed by atoms with Gasteiger partial charge in [0.1, 0.15) is 0 Å². The van der Waals surface area contributed by atoms with Crippen LogP contribution in [-0.4, -0.2) is 54.1 Å². The van der Waals surface area contributed by atoms with Gasteiger partial charge >= 0.3 is 17.2 Å². The fourth-order valence-corrected chi connectivity index (χ4v) is 2.82. The van der Waals surface area contributed by atoms with Crippen molar-refractivity contribution in [2.24, 2.45) is 11.8 Å². The minimum Gasteiger partial charge on any atom is -0.743 e. The predicted octanol–water partition coefficient (Wildman–Crippen LogP) is -0.454. The molecule has 1 N–H and O–H groups in total. The van der Waals surface area contributed by atoms with Gasteiger partial charge in [-0.05, 0) is 12.8 Å². The summed E-state index contributed by atoms with van der Waals surface area (Å²) in [5.41, 5.74) is 0. The molecule has 2 fully saturated rings. The normalized spacial score (nSPS) is 32.1. The third-order valence-electron chi connectivity index (χ3n) is 3.58. The van der Waals surface area contributed by atoms with Gasteiger partial charge in [-0.1, -0.05) is 0 Å². The van der Waals surface area contributed by atoms with Crippen LogP contribution in [0.3, 0.4) is 0 Å². The molecule has 2 saturated heterocycles. The summed E-state index contributed by atoms with van der Waals surface area (Å²) >= 11 is 0. The summed E-state index contributed by atoms with van der Waals surface area (Å²) in [6, 6.07) is 0. The maximum atomic E-state index is 12.9. The van der Waals surface area contributed by atoms with Crippen molar-refractivity contribution in [1.29, 1.82) is 0 Å². The van der Waals surface area contributed by atoms with Gasteiger partial charge in [0, 0.05) is 0 Å². The third kappa shape index (κ3) is 2.85. The quantitative estimate of drug-likeness (QED) is 0.530. The SMILES string of the molecule is O=C(O)C1C2CCC(O2)C1C(=O)OCC(F)(F)S(=O)(=O)[O-]. The highest BCUT2D eigenvalue weighted by atomic mass is 32.2. The zero-order chi connectivity index (χ0) is 16.0. The highest BCUT2D eigenvalue weighted by molar-refractivity contribution is 7.86. The van der Waals surface area contributed by atoms with Crippen LogP contribution >= 0.6 is 0 Å². The molecule has 0 aromatic rings. The Bertz CT molecular complexity index is 559. The van der Waals surface area contributed by atoms with Gasteiger partial charge in [-0.15, -0.1) is 0 Å². The van der Waals surface area contributed by atoms with E-state index in [1.807, 2.05) is 0 Å². The van der Waals surface area contributed by atoms with Crippen LogP contribution in [0.4, 0.5) is 8.78 Å². The van der Waals surface area contributed by atoms with Crippen LogP contribution in [0.5, 0.6) is 0 Å². The molecule has 2 bridgehead atoms. The number of hydrogen-bond acceptors (Lipinski definition) is 7. The lowest BCUT2D eigenvalue weighted by Crippen LogP contribution is -2.41. The van der Waals surface area contributed by atoms with Crippen molar-refractivity contribution in [2.45, 2.75) is 30.3 Å². The first kappa shape index (κ1) is 16.0. The summed E-state index contributed by atoms with van der Waals surface area (Å²) < 4.78 is 66.0. The number of ether oxygens (including phenoxy) is 2. The van der Waals surface area contributed by atoms with E-state index in [1.54, 1.807) is 0 Å². The van der Waals surface area contributed by atoms with Gasteiger partial charge in [0.05, 0.1) is 24.0 Å². The predicted molar refractivity (Wildman–Crippen MR) is 58.1 cm³/mol. The van der Waals surface area contributed by atoms with Crippen LogP contribution in [0.1, 0.15) is 12.8 Å². The van der Waals surface area contributed by atoms with Crippen LogP contribution in [0.25, 0.3) is 0 Å². The standard InChI is InChI=1S/C10H12F2O8S/c11-10(12,21(16,17)18)3-19-9(15)7-5-2-1-4(20-5)6(7)8(13)14/h4-7H,1-3H2,(H,13,14)(H,16,17,18)/p-1. The molecule has 0 aromatic heterocycles. The van der Waals surface area contributed by atoms with Gasteiger partial charge in [-0.25, -0.2) is 8.42 Å². The highest BCUT2D eigenvalue weighted by Crippen LogP contribution is 2.44. The zero-order valence-corrected chi connectivity index (χ0v) is 11.2. The van der Waals surface area contributed by atoms with Crippen molar-refractivity contribution in [1.82, 2.24) is 0 Å². The topological polar surface area (TPSA) is 130 Å². The first-order valence-electron chi connectivity index (χ1n) is 5.93. The van der Waals surface area contributed by atoms with Crippen molar-refractivity contribution in [3.05, 3.63) is 0 Å². The van der Waals surface area contributed by atoms with E-state index in [-0.39, 0.29) is 0 Å². The van der Waals surface area contributed by atoms with E-state index >= 15 is 0 Å². The third-order valence-corrected chi connectivity index (χ3v) is 4.43. The van der Waals surface area contributed by atoms with E-state index in [1.165, 1.54) is 0 Å². The Kier molecular flexibility index (Phi) is 3.93. The van der Waals surface area contributed by atoms with Crippen LogP contribution in [0.15, 0.2) is 0 Å². The molecule has 2 rings (SSSR count). The van der Waals surface area contributed by atoms with Crippen LogP contribution in [0, 0.1) is 11.8 Å². The van der Waals surface area contributed by atoms with Gasteiger partial charge in [0.2, 0.25) is 0 Å². The Labute approximate surface area is 117 Å². The Balaban J connectivity index is 2.05. The molecule has 120 valence electrons. The van der Waals surface area contributed by atoms with Gasteiger partial charge < -0.3 is 19.1 Å². The molecule has 0 spiro atoms. The van der Waals surface area contributed by atoms with Gasteiger partial charge in [-0.3, -0.25) is 9.59 Å².